The van der Waals surface area contributed by atoms with Gasteiger partial charge in [0.2, 0.25) is 11.8 Å². The molecule has 0 spiro atoms. The molecule has 2 rings (SSSR count). The van der Waals surface area contributed by atoms with Gasteiger partial charge in [-0.1, -0.05) is 30.3 Å². The molecule has 31 heavy (non-hydrogen) atoms. The third kappa shape index (κ3) is 7.93. The molecule has 9 heteroatoms. The van der Waals surface area contributed by atoms with E-state index < -0.39 is 46.5 Å². The number of esters is 1. The Balaban J connectivity index is 2.07. The number of carbonyl (C=O) groups excluding carboxylic acids is 3. The average Bonchev–Trinajstić information content (AvgIpc) is 2.77. The minimum absolute atomic E-state index is 0.0866. The van der Waals surface area contributed by atoms with Crippen molar-refractivity contribution in [2.45, 2.75) is 36.7 Å². The van der Waals surface area contributed by atoms with Gasteiger partial charge < -0.3 is 15.4 Å². The molecule has 0 bridgehead atoms. The van der Waals surface area contributed by atoms with Gasteiger partial charge in [0, 0.05) is 24.0 Å². The van der Waals surface area contributed by atoms with Crippen LogP contribution in [0.3, 0.4) is 0 Å². The summed E-state index contributed by atoms with van der Waals surface area (Å²) in [6, 6.07) is 12.3. The molecule has 2 aromatic carbocycles. The first-order chi connectivity index (χ1) is 14.8. The molecule has 0 aromatic heterocycles. The van der Waals surface area contributed by atoms with Crippen molar-refractivity contribution in [1.29, 1.82) is 0 Å². The normalized spacial score (nSPS) is 13.5. The van der Waals surface area contributed by atoms with Gasteiger partial charge in [-0.05, 0) is 36.2 Å². The maximum Gasteiger partial charge on any atom is 0.328 e. The predicted octanol–water partition coefficient (Wildman–Crippen LogP) is 1.73. The highest BCUT2D eigenvalue weighted by atomic mass is 32.2. The lowest BCUT2D eigenvalue weighted by Crippen LogP contribution is -2.52. The van der Waals surface area contributed by atoms with Crippen LogP contribution in [-0.2, 0) is 36.3 Å². The molecule has 7 nitrogen and oxygen atoms in total. The minimum atomic E-state index is -1.36. The van der Waals surface area contributed by atoms with Gasteiger partial charge in [-0.15, -0.1) is 0 Å². The van der Waals surface area contributed by atoms with Crippen LogP contribution in [0, 0.1) is 5.82 Å². The summed E-state index contributed by atoms with van der Waals surface area (Å²) in [7, 11) is -0.161. The van der Waals surface area contributed by atoms with Crippen molar-refractivity contribution < 1.29 is 27.7 Å². The highest BCUT2D eigenvalue weighted by Crippen LogP contribution is 2.10. The Morgan fingerprint density at radius 1 is 1.00 bits per heavy atom. The molecular weight excluding hydrogens is 423 g/mol. The van der Waals surface area contributed by atoms with E-state index in [1.54, 1.807) is 24.3 Å². The van der Waals surface area contributed by atoms with E-state index in [0.29, 0.717) is 10.5 Å². The van der Waals surface area contributed by atoms with Crippen molar-refractivity contribution in [3.05, 3.63) is 66.0 Å². The van der Waals surface area contributed by atoms with E-state index in [0.717, 1.165) is 0 Å². The molecule has 2 amide bonds. The SMILES string of the molecule is COC(=O)[C@H](CC[S@](=O)c1ccccc1)NC(=O)[C@H](Cc1ccc(F)cc1)NC(C)=O. The van der Waals surface area contributed by atoms with E-state index in [9.17, 15) is 23.0 Å². The fourth-order valence-corrected chi connectivity index (χ4v) is 4.04. The van der Waals surface area contributed by atoms with E-state index in [-0.39, 0.29) is 18.6 Å². The lowest BCUT2D eigenvalue weighted by molar-refractivity contribution is -0.145. The smallest absolute Gasteiger partial charge is 0.328 e. The Kier molecular flexibility index (Phi) is 9.33. The second-order valence-electron chi connectivity index (χ2n) is 6.82. The maximum absolute atomic E-state index is 13.1. The standard InChI is InChI=1S/C22H25FN2O5S/c1-15(26)24-20(14-16-8-10-17(23)11-9-16)21(27)25-19(22(28)30-2)12-13-31(29)18-6-4-3-5-7-18/h3-11,19-20H,12-14H2,1-2H3,(H,24,26)(H,25,27)/t19-,20-,31-/m0/s1. The molecule has 3 atom stereocenters. The summed E-state index contributed by atoms with van der Waals surface area (Å²) in [5.41, 5.74) is 0.634. The Morgan fingerprint density at radius 2 is 1.65 bits per heavy atom. The molecule has 0 aliphatic heterocycles. The van der Waals surface area contributed by atoms with Crippen molar-refractivity contribution in [3.63, 3.8) is 0 Å². The molecule has 0 fully saturated rings. The van der Waals surface area contributed by atoms with Gasteiger partial charge in [0.05, 0.1) is 17.9 Å². The van der Waals surface area contributed by atoms with E-state index in [1.807, 2.05) is 6.07 Å². The topological polar surface area (TPSA) is 102 Å². The second kappa shape index (κ2) is 11.9. The molecule has 0 saturated carbocycles. The quantitative estimate of drug-likeness (QED) is 0.539. The lowest BCUT2D eigenvalue weighted by Gasteiger charge is -2.22. The van der Waals surface area contributed by atoms with Crippen LogP contribution in [-0.4, -0.2) is 46.9 Å². The predicted molar refractivity (Wildman–Crippen MR) is 114 cm³/mol. The zero-order valence-corrected chi connectivity index (χ0v) is 18.1. The molecular formula is C22H25FN2O5S. The number of hydrogen-bond donors (Lipinski definition) is 2. The third-order valence-corrected chi connectivity index (χ3v) is 5.85. The Bertz CT molecular complexity index is 921. The molecule has 2 aromatic rings. The van der Waals surface area contributed by atoms with Gasteiger partial charge >= 0.3 is 5.97 Å². The van der Waals surface area contributed by atoms with Gasteiger partial charge in [0.25, 0.3) is 0 Å². The first-order valence-corrected chi connectivity index (χ1v) is 10.9. The largest absolute Gasteiger partial charge is 0.467 e. The summed E-state index contributed by atoms with van der Waals surface area (Å²) in [5.74, 6) is -1.99. The summed E-state index contributed by atoms with van der Waals surface area (Å²) < 4.78 is 30.4. The Labute approximate surface area is 182 Å². The number of ether oxygens (including phenoxy) is 1. The van der Waals surface area contributed by atoms with E-state index in [1.165, 1.54) is 38.3 Å². The number of halogens is 1. The number of methoxy groups -OCH3 is 1. The molecule has 2 N–H and O–H groups in total. The summed E-state index contributed by atoms with van der Waals surface area (Å²) in [5, 5.41) is 5.11. The highest BCUT2D eigenvalue weighted by molar-refractivity contribution is 7.85. The monoisotopic (exact) mass is 448 g/mol. The van der Waals surface area contributed by atoms with Crippen molar-refractivity contribution in [1.82, 2.24) is 10.6 Å². The number of benzene rings is 2. The van der Waals surface area contributed by atoms with E-state index >= 15 is 0 Å². The van der Waals surface area contributed by atoms with Crippen molar-refractivity contribution in [2.24, 2.45) is 0 Å². The van der Waals surface area contributed by atoms with Gasteiger partial charge in [0.15, 0.2) is 0 Å². The van der Waals surface area contributed by atoms with Crippen LogP contribution < -0.4 is 10.6 Å². The molecule has 0 saturated heterocycles. The first kappa shape index (κ1) is 24.2. The van der Waals surface area contributed by atoms with Gasteiger partial charge in [0.1, 0.15) is 17.9 Å². The maximum atomic E-state index is 13.1. The average molecular weight is 449 g/mol. The third-order valence-electron chi connectivity index (χ3n) is 4.45. The molecule has 0 heterocycles. The van der Waals surface area contributed by atoms with Crippen LogP contribution in [0.4, 0.5) is 4.39 Å². The zero-order valence-electron chi connectivity index (χ0n) is 17.3. The molecule has 0 unspecified atom stereocenters. The van der Waals surface area contributed by atoms with Crippen LogP contribution >= 0.6 is 0 Å². The molecule has 166 valence electrons. The van der Waals surface area contributed by atoms with E-state index in [2.05, 4.69) is 10.6 Å². The van der Waals surface area contributed by atoms with Gasteiger partial charge in [-0.25, -0.2) is 9.18 Å². The zero-order chi connectivity index (χ0) is 22.8. The van der Waals surface area contributed by atoms with Crippen LogP contribution in [0.1, 0.15) is 18.9 Å². The molecule has 0 aliphatic carbocycles. The van der Waals surface area contributed by atoms with Crippen molar-refractivity contribution >= 4 is 28.6 Å². The van der Waals surface area contributed by atoms with Crippen LogP contribution in [0.5, 0.6) is 0 Å². The summed E-state index contributed by atoms with van der Waals surface area (Å²) in [6.07, 6.45) is 0.193. The second-order valence-corrected chi connectivity index (χ2v) is 8.39. The number of hydrogen-bond acceptors (Lipinski definition) is 5. The first-order valence-electron chi connectivity index (χ1n) is 9.63. The number of rotatable bonds is 10. The number of nitrogens with one attached hydrogen (secondary N) is 2. The fourth-order valence-electron chi connectivity index (χ4n) is 2.89. The van der Waals surface area contributed by atoms with Crippen molar-refractivity contribution in [3.8, 4) is 0 Å². The fraction of sp³-hybridized carbons (Fsp3) is 0.318. The highest BCUT2D eigenvalue weighted by Gasteiger charge is 2.27. The number of amides is 2. The van der Waals surface area contributed by atoms with Gasteiger partial charge in [-0.3, -0.25) is 13.8 Å². The van der Waals surface area contributed by atoms with E-state index in [4.69, 9.17) is 4.74 Å². The molecule has 0 radical (unpaired) electrons. The van der Waals surface area contributed by atoms with Crippen LogP contribution in [0.15, 0.2) is 59.5 Å². The summed E-state index contributed by atoms with van der Waals surface area (Å²) >= 11 is 0. The Hall–Kier alpha value is -3.07. The minimum Gasteiger partial charge on any atom is -0.467 e. The summed E-state index contributed by atoms with van der Waals surface area (Å²) in [6.45, 7) is 1.27. The lowest BCUT2D eigenvalue weighted by atomic mass is 10.0. The van der Waals surface area contributed by atoms with Crippen LogP contribution in [0.2, 0.25) is 0 Å². The Morgan fingerprint density at radius 3 is 2.23 bits per heavy atom. The van der Waals surface area contributed by atoms with Gasteiger partial charge in [-0.2, -0.15) is 0 Å². The summed E-state index contributed by atoms with van der Waals surface area (Å²) in [4.78, 5) is 37.2. The number of carbonyl (C=O) groups is 3. The molecule has 0 aliphatic rings. The van der Waals surface area contributed by atoms with Crippen molar-refractivity contribution in [2.75, 3.05) is 12.9 Å². The van der Waals surface area contributed by atoms with Crippen LogP contribution in [0.25, 0.3) is 0 Å².